The lowest BCUT2D eigenvalue weighted by molar-refractivity contribution is -0.141. The molecule has 4 fully saturated rings. The van der Waals surface area contributed by atoms with Crippen LogP contribution in [0.5, 0.6) is 5.75 Å². The number of halogens is 3. The summed E-state index contributed by atoms with van der Waals surface area (Å²) in [5.41, 5.74) is 1.55. The van der Waals surface area contributed by atoms with Gasteiger partial charge in [0, 0.05) is 56.3 Å². The number of hydrogen-bond acceptors (Lipinski definition) is 11. The number of ether oxygens (including phenoxy) is 2. The molecule has 5 aliphatic heterocycles. The van der Waals surface area contributed by atoms with Crippen LogP contribution in [0.25, 0.3) is 0 Å². The van der Waals surface area contributed by atoms with Crippen LogP contribution >= 0.6 is 0 Å². The SMILES string of the molecule is C[C@@]1(CN2CCC3(CC2)CC(CCNc2cccc4c2C(=O)N(C2CCC(=O)NC2=O)C4=O)C3)Cc2cc(NC(=O)c3cccc(C(F)(F)F)n3)c(N3CCOCC3)cc2O1. The summed E-state index contributed by atoms with van der Waals surface area (Å²) in [6.07, 6.45) is 1.45. The highest BCUT2D eigenvalue weighted by atomic mass is 19.4. The van der Waals surface area contributed by atoms with Crippen molar-refractivity contribution in [2.75, 3.05) is 68.0 Å². The lowest BCUT2D eigenvalue weighted by Crippen LogP contribution is -2.54. The van der Waals surface area contributed by atoms with Crippen LogP contribution in [0.15, 0.2) is 48.5 Å². The van der Waals surface area contributed by atoms with Crippen LogP contribution in [0, 0.1) is 11.3 Å². The maximum atomic E-state index is 13.5. The van der Waals surface area contributed by atoms with Crippen molar-refractivity contribution in [2.45, 2.75) is 76.1 Å². The molecule has 17 heteroatoms. The fraction of sp³-hybridized carbons (Fsp3) is 0.500. The summed E-state index contributed by atoms with van der Waals surface area (Å²) in [6.45, 7) is 7.51. The molecule has 0 radical (unpaired) electrons. The fourth-order valence-electron chi connectivity index (χ4n) is 10.2. The number of fused-ring (bicyclic) bond motifs is 2. The number of carbonyl (C=O) groups is 5. The second-order valence-electron chi connectivity index (χ2n) is 17.6. The molecule has 9 rings (SSSR count). The molecule has 14 nitrogen and oxygen atoms in total. The number of imide groups is 2. The minimum atomic E-state index is -4.67. The van der Waals surface area contributed by atoms with E-state index in [1.54, 1.807) is 18.2 Å². The van der Waals surface area contributed by atoms with Crippen molar-refractivity contribution < 1.29 is 46.6 Å². The summed E-state index contributed by atoms with van der Waals surface area (Å²) in [5, 5.41) is 8.47. The number of morpholine rings is 1. The summed E-state index contributed by atoms with van der Waals surface area (Å²) < 4.78 is 52.3. The Kier molecular flexibility index (Phi) is 10.5. The third kappa shape index (κ3) is 8.05. The van der Waals surface area contributed by atoms with Gasteiger partial charge in [-0.3, -0.25) is 39.1 Å². The van der Waals surface area contributed by atoms with E-state index in [-0.39, 0.29) is 29.7 Å². The number of nitrogens with one attached hydrogen (secondary N) is 3. The van der Waals surface area contributed by atoms with Gasteiger partial charge in [0.15, 0.2) is 0 Å². The zero-order chi connectivity index (χ0) is 42.7. The summed E-state index contributed by atoms with van der Waals surface area (Å²) in [7, 11) is 0. The van der Waals surface area contributed by atoms with E-state index < -0.39 is 53.0 Å². The molecule has 322 valence electrons. The standard InChI is InChI=1S/C44H48F3N7O7/c1-42(24-27-20-31(33(21-34(27)61-42)53-16-18-60-19-17-53)50-38(56)30-6-3-7-35(49-30)44(45,46)47)25-52-14-11-43(12-15-52)22-26(23-43)10-13-48-29-5-2-4-28-37(29)41(59)54(40(28)58)32-8-9-36(55)51-39(32)57/h2-7,20-21,26,32,48H,8-19,22-25H2,1H3,(H,50,56)(H,51,55,57)/t32?,42-/m0/s1. The Morgan fingerprint density at radius 1 is 0.967 bits per heavy atom. The second-order valence-corrected chi connectivity index (χ2v) is 17.6. The predicted molar refractivity (Wildman–Crippen MR) is 216 cm³/mol. The molecule has 3 N–H and O–H groups in total. The Morgan fingerprint density at radius 3 is 2.46 bits per heavy atom. The fourth-order valence-corrected chi connectivity index (χ4v) is 10.2. The number of hydrogen-bond donors (Lipinski definition) is 3. The molecule has 6 heterocycles. The molecule has 1 unspecified atom stereocenters. The number of pyridine rings is 1. The third-order valence-corrected chi connectivity index (χ3v) is 13.2. The van der Waals surface area contributed by atoms with Crippen LogP contribution < -0.4 is 25.6 Å². The first-order chi connectivity index (χ1) is 29.2. The molecule has 1 aliphatic carbocycles. The number of likely N-dealkylation sites (tertiary alicyclic amines) is 1. The van der Waals surface area contributed by atoms with Crippen molar-refractivity contribution in [2.24, 2.45) is 11.3 Å². The van der Waals surface area contributed by atoms with Crippen molar-refractivity contribution >= 4 is 46.6 Å². The first-order valence-corrected chi connectivity index (χ1v) is 21.0. The number of amides is 5. The average molecular weight is 844 g/mol. The van der Waals surface area contributed by atoms with Gasteiger partial charge in [-0.25, -0.2) is 4.98 Å². The first-order valence-electron chi connectivity index (χ1n) is 21.0. The molecule has 6 aliphatic rings. The number of benzene rings is 2. The average Bonchev–Trinajstić information content (AvgIpc) is 3.68. The predicted octanol–water partition coefficient (Wildman–Crippen LogP) is 5.28. The lowest BCUT2D eigenvalue weighted by Gasteiger charge is -2.53. The van der Waals surface area contributed by atoms with Crippen molar-refractivity contribution in [3.63, 3.8) is 0 Å². The van der Waals surface area contributed by atoms with Crippen LogP contribution in [0.2, 0.25) is 0 Å². The second kappa shape index (κ2) is 15.7. The molecule has 0 bridgehead atoms. The van der Waals surface area contributed by atoms with Crippen LogP contribution in [-0.4, -0.2) is 108 Å². The normalized spacial score (nSPS) is 24.0. The Labute approximate surface area is 350 Å². The van der Waals surface area contributed by atoms with Crippen LogP contribution in [-0.2, 0) is 26.9 Å². The molecule has 1 saturated carbocycles. The summed E-state index contributed by atoms with van der Waals surface area (Å²) in [6, 6.07) is 11.2. The van der Waals surface area contributed by atoms with Gasteiger partial charge in [0.05, 0.1) is 35.7 Å². The van der Waals surface area contributed by atoms with E-state index in [1.165, 1.54) is 12.1 Å². The molecule has 3 aromatic rings. The van der Waals surface area contributed by atoms with Crippen LogP contribution in [0.4, 0.5) is 30.2 Å². The number of carbonyl (C=O) groups excluding carboxylic acids is 5. The topological polar surface area (TPSA) is 163 Å². The zero-order valence-corrected chi connectivity index (χ0v) is 33.9. The quantitative estimate of drug-likeness (QED) is 0.228. The number of piperidine rings is 2. The Morgan fingerprint density at radius 2 is 1.72 bits per heavy atom. The summed E-state index contributed by atoms with van der Waals surface area (Å²) in [4.78, 5) is 73.3. The Balaban J connectivity index is 0.778. The van der Waals surface area contributed by atoms with E-state index in [1.807, 2.05) is 12.1 Å². The van der Waals surface area contributed by atoms with Crippen molar-refractivity contribution in [1.82, 2.24) is 20.1 Å². The number of nitrogens with zero attached hydrogens (tertiary/aromatic N) is 4. The monoisotopic (exact) mass is 843 g/mol. The minimum Gasteiger partial charge on any atom is -0.486 e. The molecule has 1 aromatic heterocycles. The van der Waals surface area contributed by atoms with E-state index in [0.717, 1.165) is 74.0 Å². The van der Waals surface area contributed by atoms with E-state index in [9.17, 15) is 37.1 Å². The van der Waals surface area contributed by atoms with E-state index in [4.69, 9.17) is 9.47 Å². The van der Waals surface area contributed by atoms with Crippen molar-refractivity contribution in [3.05, 3.63) is 76.6 Å². The van der Waals surface area contributed by atoms with Gasteiger partial charge in [0.25, 0.3) is 17.7 Å². The third-order valence-electron chi connectivity index (χ3n) is 13.2. The van der Waals surface area contributed by atoms with Gasteiger partial charge in [0.2, 0.25) is 11.8 Å². The zero-order valence-electron chi connectivity index (χ0n) is 33.9. The molecular formula is C44H48F3N7O7. The van der Waals surface area contributed by atoms with E-state index >= 15 is 0 Å². The molecule has 61 heavy (non-hydrogen) atoms. The molecule has 1 spiro atoms. The molecule has 2 aromatic carbocycles. The highest BCUT2D eigenvalue weighted by molar-refractivity contribution is 6.25. The number of anilines is 3. The smallest absolute Gasteiger partial charge is 0.433 e. The molecule has 3 saturated heterocycles. The Bertz CT molecular complexity index is 2280. The number of alkyl halides is 3. The van der Waals surface area contributed by atoms with Gasteiger partial charge in [-0.15, -0.1) is 0 Å². The van der Waals surface area contributed by atoms with Gasteiger partial charge >= 0.3 is 6.18 Å². The molecule has 5 amide bonds. The van der Waals surface area contributed by atoms with Crippen molar-refractivity contribution in [3.8, 4) is 5.75 Å². The molecule has 2 atom stereocenters. The summed E-state index contributed by atoms with van der Waals surface area (Å²) in [5.74, 6) is -1.54. The number of aromatic nitrogens is 1. The van der Waals surface area contributed by atoms with E-state index in [0.29, 0.717) is 67.7 Å². The maximum absolute atomic E-state index is 13.5. The molecular weight excluding hydrogens is 796 g/mol. The highest BCUT2D eigenvalue weighted by Gasteiger charge is 2.48. The first kappa shape index (κ1) is 40.8. The van der Waals surface area contributed by atoms with Crippen LogP contribution in [0.1, 0.15) is 94.3 Å². The van der Waals surface area contributed by atoms with Gasteiger partial charge < -0.3 is 25.0 Å². The summed E-state index contributed by atoms with van der Waals surface area (Å²) >= 11 is 0. The van der Waals surface area contributed by atoms with Gasteiger partial charge in [-0.05, 0) is 100 Å². The van der Waals surface area contributed by atoms with Gasteiger partial charge in [0.1, 0.15) is 28.8 Å². The van der Waals surface area contributed by atoms with Gasteiger partial charge in [-0.1, -0.05) is 12.1 Å². The largest absolute Gasteiger partial charge is 0.486 e. The van der Waals surface area contributed by atoms with Crippen LogP contribution in [0.3, 0.4) is 0 Å². The minimum absolute atomic E-state index is 0.0684. The number of rotatable bonds is 10. The van der Waals surface area contributed by atoms with Crippen molar-refractivity contribution in [1.29, 1.82) is 0 Å². The van der Waals surface area contributed by atoms with E-state index in [2.05, 4.69) is 37.7 Å². The van der Waals surface area contributed by atoms with Gasteiger partial charge in [-0.2, -0.15) is 13.2 Å². The lowest BCUT2D eigenvalue weighted by atomic mass is 9.57. The Hall–Kier alpha value is -5.55. The highest BCUT2D eigenvalue weighted by Crippen LogP contribution is 2.54. The maximum Gasteiger partial charge on any atom is 0.433 e.